The van der Waals surface area contributed by atoms with Crippen LogP contribution in [-0.4, -0.2) is 21.9 Å². The van der Waals surface area contributed by atoms with Gasteiger partial charge in [0.2, 0.25) is 0 Å². The molecule has 0 amide bonds. The van der Waals surface area contributed by atoms with Crippen LogP contribution in [0.5, 0.6) is 0 Å². The minimum atomic E-state index is -0.690. The number of aliphatic hydroxyl groups is 2. The quantitative estimate of drug-likeness (QED) is 0.557. The monoisotopic (exact) mass is 182 g/mol. The van der Waals surface area contributed by atoms with Crippen LogP contribution in [0.1, 0.15) is 32.6 Å². The van der Waals surface area contributed by atoms with Gasteiger partial charge < -0.3 is 10.2 Å². The number of rotatable bonds is 0. The van der Waals surface area contributed by atoms with Crippen molar-refractivity contribution in [1.29, 1.82) is 0 Å². The fraction of sp³-hybridized carbons (Fsp3) is 0.818. The fourth-order valence-corrected chi connectivity index (χ4v) is 2.85. The van der Waals surface area contributed by atoms with E-state index in [2.05, 4.69) is 0 Å². The Bertz CT molecular complexity index is 220. The number of aliphatic hydroxyl groups excluding tert-OH is 1. The van der Waals surface area contributed by atoms with E-state index < -0.39 is 5.60 Å². The van der Waals surface area contributed by atoms with Gasteiger partial charge in [0.15, 0.2) is 0 Å². The van der Waals surface area contributed by atoms with Crippen molar-refractivity contribution in [2.75, 3.05) is 0 Å². The largest absolute Gasteiger partial charge is 0.389 e. The number of hydrogen-bond acceptors (Lipinski definition) is 2. The molecule has 0 aliphatic heterocycles. The van der Waals surface area contributed by atoms with Crippen LogP contribution < -0.4 is 0 Å². The van der Waals surface area contributed by atoms with E-state index >= 15 is 0 Å². The molecule has 1 saturated carbocycles. The third-order valence-electron chi connectivity index (χ3n) is 3.64. The van der Waals surface area contributed by atoms with Crippen molar-refractivity contribution >= 4 is 0 Å². The van der Waals surface area contributed by atoms with E-state index in [1.165, 1.54) is 12.8 Å². The Hall–Kier alpha value is -0.340. The predicted molar refractivity (Wildman–Crippen MR) is 51.2 cm³/mol. The van der Waals surface area contributed by atoms with Gasteiger partial charge in [-0.05, 0) is 31.6 Å². The standard InChI is InChI=1S/C11H18O2/c1-11(13)7-6-10(12)8-4-2-3-5-9(8)11/h6-10,12-13H,2-5H2,1H3/t8-,9-,10?,11?/m1/s1. The lowest BCUT2D eigenvalue weighted by atomic mass is 9.65. The zero-order valence-electron chi connectivity index (χ0n) is 8.11. The summed E-state index contributed by atoms with van der Waals surface area (Å²) in [5, 5.41) is 19.8. The molecule has 4 atom stereocenters. The first kappa shape index (κ1) is 9.22. The highest BCUT2D eigenvalue weighted by Crippen LogP contribution is 2.42. The van der Waals surface area contributed by atoms with E-state index in [4.69, 9.17) is 0 Å². The van der Waals surface area contributed by atoms with Gasteiger partial charge in [0.25, 0.3) is 0 Å². The van der Waals surface area contributed by atoms with Gasteiger partial charge in [-0.25, -0.2) is 0 Å². The molecule has 0 aromatic carbocycles. The summed E-state index contributed by atoms with van der Waals surface area (Å²) in [5.74, 6) is 0.551. The van der Waals surface area contributed by atoms with E-state index in [1.807, 2.05) is 6.92 Å². The van der Waals surface area contributed by atoms with Crippen LogP contribution in [0.25, 0.3) is 0 Å². The van der Waals surface area contributed by atoms with Crippen molar-refractivity contribution in [3.8, 4) is 0 Å². The first-order chi connectivity index (χ1) is 6.11. The average molecular weight is 182 g/mol. The second kappa shape index (κ2) is 3.10. The maximum absolute atomic E-state index is 10.1. The van der Waals surface area contributed by atoms with Gasteiger partial charge in [-0.15, -0.1) is 0 Å². The second-order valence-corrected chi connectivity index (χ2v) is 4.63. The van der Waals surface area contributed by atoms with Crippen molar-refractivity contribution in [2.45, 2.75) is 44.3 Å². The van der Waals surface area contributed by atoms with E-state index in [0.717, 1.165) is 12.8 Å². The minimum absolute atomic E-state index is 0.265. The molecule has 1 fully saturated rings. The molecule has 2 rings (SSSR count). The van der Waals surface area contributed by atoms with E-state index in [0.29, 0.717) is 0 Å². The second-order valence-electron chi connectivity index (χ2n) is 4.63. The molecule has 2 unspecified atom stereocenters. The molecular weight excluding hydrogens is 164 g/mol. The number of fused-ring (bicyclic) bond motifs is 1. The molecule has 0 heterocycles. The molecule has 0 spiro atoms. The average Bonchev–Trinajstić information content (AvgIpc) is 2.13. The highest BCUT2D eigenvalue weighted by atomic mass is 16.3. The summed E-state index contributed by atoms with van der Waals surface area (Å²) in [6, 6.07) is 0. The van der Waals surface area contributed by atoms with Gasteiger partial charge in [0.05, 0.1) is 11.7 Å². The van der Waals surface area contributed by atoms with Crippen LogP contribution in [0.4, 0.5) is 0 Å². The zero-order valence-corrected chi connectivity index (χ0v) is 8.11. The Balaban J connectivity index is 2.24. The van der Waals surface area contributed by atoms with Gasteiger partial charge in [-0.1, -0.05) is 25.0 Å². The van der Waals surface area contributed by atoms with Crippen LogP contribution in [0.3, 0.4) is 0 Å². The molecule has 13 heavy (non-hydrogen) atoms. The molecule has 0 bridgehead atoms. The Kier molecular flexibility index (Phi) is 2.20. The molecule has 0 radical (unpaired) electrons. The van der Waals surface area contributed by atoms with Crippen molar-refractivity contribution in [3.05, 3.63) is 12.2 Å². The lowest BCUT2D eigenvalue weighted by Crippen LogP contribution is -2.46. The van der Waals surface area contributed by atoms with E-state index in [1.54, 1.807) is 12.2 Å². The van der Waals surface area contributed by atoms with Crippen LogP contribution in [-0.2, 0) is 0 Å². The van der Waals surface area contributed by atoms with Crippen molar-refractivity contribution in [3.63, 3.8) is 0 Å². The highest BCUT2D eigenvalue weighted by Gasteiger charge is 2.42. The first-order valence-electron chi connectivity index (χ1n) is 5.21. The third kappa shape index (κ3) is 1.53. The first-order valence-corrected chi connectivity index (χ1v) is 5.21. The Labute approximate surface area is 79.3 Å². The maximum atomic E-state index is 10.1. The molecular formula is C11H18O2. The van der Waals surface area contributed by atoms with E-state index in [9.17, 15) is 10.2 Å². The molecule has 2 nitrogen and oxygen atoms in total. The molecule has 0 saturated heterocycles. The Morgan fingerprint density at radius 1 is 1.31 bits per heavy atom. The SMILES string of the molecule is CC1(O)C=CC(O)[C@@H]2CCCC[C@H]21. The summed E-state index contributed by atoms with van der Waals surface area (Å²) >= 11 is 0. The van der Waals surface area contributed by atoms with Gasteiger partial charge in [0.1, 0.15) is 0 Å². The maximum Gasteiger partial charge on any atom is 0.0832 e. The fourth-order valence-electron chi connectivity index (χ4n) is 2.85. The summed E-state index contributed by atoms with van der Waals surface area (Å²) in [5.41, 5.74) is -0.690. The molecule has 2 heteroatoms. The van der Waals surface area contributed by atoms with Crippen LogP contribution in [0, 0.1) is 11.8 Å². The van der Waals surface area contributed by atoms with Gasteiger partial charge in [-0.2, -0.15) is 0 Å². The molecule has 2 aliphatic carbocycles. The number of hydrogen-bond donors (Lipinski definition) is 2. The summed E-state index contributed by atoms with van der Waals surface area (Å²) in [6.45, 7) is 1.86. The molecule has 2 N–H and O–H groups in total. The van der Waals surface area contributed by atoms with Crippen molar-refractivity contribution in [1.82, 2.24) is 0 Å². The van der Waals surface area contributed by atoms with Gasteiger partial charge in [0, 0.05) is 0 Å². The third-order valence-corrected chi connectivity index (χ3v) is 3.64. The van der Waals surface area contributed by atoms with Crippen molar-refractivity contribution in [2.24, 2.45) is 11.8 Å². The molecule has 74 valence electrons. The van der Waals surface area contributed by atoms with Crippen LogP contribution in [0.2, 0.25) is 0 Å². The highest BCUT2D eigenvalue weighted by molar-refractivity contribution is 5.13. The van der Waals surface area contributed by atoms with Crippen LogP contribution >= 0.6 is 0 Å². The van der Waals surface area contributed by atoms with Crippen LogP contribution in [0.15, 0.2) is 12.2 Å². The lowest BCUT2D eigenvalue weighted by Gasteiger charge is -2.44. The molecule has 2 aliphatic rings. The minimum Gasteiger partial charge on any atom is -0.389 e. The smallest absolute Gasteiger partial charge is 0.0832 e. The van der Waals surface area contributed by atoms with Gasteiger partial charge >= 0.3 is 0 Å². The summed E-state index contributed by atoms with van der Waals surface area (Å²) in [4.78, 5) is 0. The topological polar surface area (TPSA) is 40.5 Å². The normalized spacial score (nSPS) is 50.2. The summed E-state index contributed by atoms with van der Waals surface area (Å²) < 4.78 is 0. The zero-order chi connectivity index (χ0) is 9.47. The Morgan fingerprint density at radius 3 is 2.69 bits per heavy atom. The van der Waals surface area contributed by atoms with Gasteiger partial charge in [-0.3, -0.25) is 0 Å². The van der Waals surface area contributed by atoms with Crippen molar-refractivity contribution < 1.29 is 10.2 Å². The predicted octanol–water partition coefficient (Wildman–Crippen LogP) is 1.47. The Morgan fingerprint density at radius 2 is 2.00 bits per heavy atom. The van der Waals surface area contributed by atoms with E-state index in [-0.39, 0.29) is 17.9 Å². The molecule has 0 aromatic heterocycles. The summed E-state index contributed by atoms with van der Waals surface area (Å²) in [6.07, 6.45) is 7.70. The summed E-state index contributed by atoms with van der Waals surface area (Å²) in [7, 11) is 0. The lowest BCUT2D eigenvalue weighted by molar-refractivity contribution is -0.0478. The molecule has 0 aromatic rings.